The van der Waals surface area contributed by atoms with Crippen molar-refractivity contribution in [2.75, 3.05) is 53.2 Å². The maximum absolute atomic E-state index is 9.29. The number of guanidine groups is 1. The number of hydrogen-bond donors (Lipinski definition) is 3. The molecule has 2 fully saturated rings. The van der Waals surface area contributed by atoms with E-state index < -0.39 is 0 Å². The molecule has 142 valence electrons. The Bertz CT molecular complexity index is 383. The number of hydrogen-bond acceptors (Lipinski definition) is 4. The third-order valence-corrected chi connectivity index (χ3v) is 5.25. The smallest absolute Gasteiger partial charge is 0.191 e. The van der Waals surface area contributed by atoms with E-state index in [9.17, 15) is 5.11 Å². The first kappa shape index (κ1) is 21.9. The highest BCUT2D eigenvalue weighted by molar-refractivity contribution is 14.0. The van der Waals surface area contributed by atoms with Crippen LogP contribution >= 0.6 is 24.0 Å². The molecule has 1 unspecified atom stereocenters. The van der Waals surface area contributed by atoms with Crippen LogP contribution in [0, 0.1) is 10.8 Å². The molecule has 1 heterocycles. The van der Waals surface area contributed by atoms with Crippen molar-refractivity contribution in [3.8, 4) is 0 Å². The molecule has 0 aromatic carbocycles. The zero-order chi connectivity index (χ0) is 16.6. The van der Waals surface area contributed by atoms with E-state index in [-0.39, 0.29) is 36.0 Å². The van der Waals surface area contributed by atoms with Crippen LogP contribution < -0.4 is 10.6 Å². The molecule has 1 aliphatic heterocycles. The maximum atomic E-state index is 9.29. The summed E-state index contributed by atoms with van der Waals surface area (Å²) in [6.45, 7) is 7.13. The molecule has 24 heavy (non-hydrogen) atoms. The molecular formula is C17H34IN3O3. The van der Waals surface area contributed by atoms with E-state index in [1.54, 1.807) is 7.05 Å². The summed E-state index contributed by atoms with van der Waals surface area (Å²) in [7, 11) is 1.80. The number of halogens is 1. The Morgan fingerprint density at radius 2 is 1.88 bits per heavy atom. The number of aliphatic imine (C=N–C) groups is 1. The summed E-state index contributed by atoms with van der Waals surface area (Å²) in [5.74, 6) is 0.844. The van der Waals surface area contributed by atoms with Gasteiger partial charge in [0.05, 0.1) is 6.61 Å². The van der Waals surface area contributed by atoms with E-state index in [4.69, 9.17) is 9.47 Å². The topological polar surface area (TPSA) is 75.1 Å². The summed E-state index contributed by atoms with van der Waals surface area (Å²) in [4.78, 5) is 4.33. The second-order valence-corrected chi connectivity index (χ2v) is 7.00. The van der Waals surface area contributed by atoms with E-state index in [2.05, 4.69) is 15.6 Å². The van der Waals surface area contributed by atoms with Crippen LogP contribution in [-0.2, 0) is 9.47 Å². The lowest BCUT2D eigenvalue weighted by Gasteiger charge is -2.28. The lowest BCUT2D eigenvalue weighted by Crippen LogP contribution is -2.46. The highest BCUT2D eigenvalue weighted by atomic mass is 127. The third-order valence-electron chi connectivity index (χ3n) is 5.25. The average molecular weight is 455 g/mol. The average Bonchev–Trinajstić information content (AvgIpc) is 3.17. The summed E-state index contributed by atoms with van der Waals surface area (Å²) >= 11 is 0. The van der Waals surface area contributed by atoms with Crippen molar-refractivity contribution >= 4 is 29.9 Å². The first-order chi connectivity index (χ1) is 11.2. The van der Waals surface area contributed by atoms with E-state index in [0.717, 1.165) is 64.7 Å². The largest absolute Gasteiger partial charge is 0.396 e. The molecule has 1 aliphatic carbocycles. The minimum absolute atomic E-state index is 0. The minimum atomic E-state index is 0. The Morgan fingerprint density at radius 1 is 1.17 bits per heavy atom. The van der Waals surface area contributed by atoms with Crippen LogP contribution in [0.4, 0.5) is 0 Å². The SMILES string of the molecule is CCOCCC1(CNC(=NC)NCC2(CCO)CCOC2)CC1.I. The van der Waals surface area contributed by atoms with Crippen LogP contribution in [-0.4, -0.2) is 64.2 Å². The first-order valence-corrected chi connectivity index (χ1v) is 8.88. The molecular weight excluding hydrogens is 421 g/mol. The highest BCUT2D eigenvalue weighted by Crippen LogP contribution is 2.48. The summed E-state index contributed by atoms with van der Waals surface area (Å²) in [5.41, 5.74) is 0.435. The molecule has 0 aromatic rings. The molecule has 1 saturated heterocycles. The second kappa shape index (κ2) is 10.8. The fraction of sp³-hybridized carbons (Fsp3) is 0.941. The third kappa shape index (κ3) is 6.65. The second-order valence-electron chi connectivity index (χ2n) is 7.00. The fourth-order valence-corrected chi connectivity index (χ4v) is 3.20. The van der Waals surface area contributed by atoms with Gasteiger partial charge in [-0.05, 0) is 44.4 Å². The minimum Gasteiger partial charge on any atom is -0.396 e. The molecule has 0 amide bonds. The fourth-order valence-electron chi connectivity index (χ4n) is 3.20. The normalized spacial score (nSPS) is 25.2. The van der Waals surface area contributed by atoms with Gasteiger partial charge in [-0.2, -0.15) is 0 Å². The quantitative estimate of drug-likeness (QED) is 0.203. The summed E-state index contributed by atoms with van der Waals surface area (Å²) in [6.07, 6.45) is 5.43. The molecule has 2 aliphatic rings. The number of aliphatic hydroxyl groups is 1. The standard InChI is InChI=1S/C17H33N3O3.HI/c1-3-22-10-7-16(4-5-16)12-19-15(18-2)20-13-17(6-9-21)8-11-23-14-17;/h21H,3-14H2,1-2H3,(H2,18,19,20);1H. The number of aliphatic hydroxyl groups excluding tert-OH is 1. The van der Waals surface area contributed by atoms with Gasteiger partial charge in [-0.3, -0.25) is 4.99 Å². The van der Waals surface area contributed by atoms with Gasteiger partial charge < -0.3 is 25.2 Å². The Morgan fingerprint density at radius 3 is 2.38 bits per heavy atom. The van der Waals surface area contributed by atoms with E-state index in [1.165, 1.54) is 12.8 Å². The lowest BCUT2D eigenvalue weighted by atomic mass is 9.84. The van der Waals surface area contributed by atoms with Gasteiger partial charge in [-0.25, -0.2) is 0 Å². The van der Waals surface area contributed by atoms with E-state index >= 15 is 0 Å². The molecule has 2 rings (SSSR count). The molecule has 0 spiro atoms. The number of ether oxygens (including phenoxy) is 2. The maximum Gasteiger partial charge on any atom is 0.191 e. The number of nitrogens with zero attached hydrogens (tertiary/aromatic N) is 1. The summed E-state index contributed by atoms with van der Waals surface area (Å²) < 4.78 is 11.0. The van der Waals surface area contributed by atoms with Crippen molar-refractivity contribution in [2.24, 2.45) is 15.8 Å². The van der Waals surface area contributed by atoms with E-state index in [0.29, 0.717) is 5.41 Å². The molecule has 0 bridgehead atoms. The molecule has 7 heteroatoms. The van der Waals surface area contributed by atoms with Crippen LogP contribution in [0.15, 0.2) is 4.99 Å². The van der Waals surface area contributed by atoms with Crippen molar-refractivity contribution in [1.82, 2.24) is 10.6 Å². The van der Waals surface area contributed by atoms with Crippen LogP contribution in [0.2, 0.25) is 0 Å². The summed E-state index contributed by atoms with van der Waals surface area (Å²) in [5, 5.41) is 16.2. The molecule has 3 N–H and O–H groups in total. The van der Waals surface area contributed by atoms with Gasteiger partial charge in [-0.1, -0.05) is 0 Å². The van der Waals surface area contributed by atoms with Crippen molar-refractivity contribution in [3.63, 3.8) is 0 Å². The zero-order valence-corrected chi connectivity index (χ0v) is 17.4. The van der Waals surface area contributed by atoms with Gasteiger partial charge >= 0.3 is 0 Å². The van der Waals surface area contributed by atoms with E-state index in [1.807, 2.05) is 6.92 Å². The zero-order valence-electron chi connectivity index (χ0n) is 15.1. The molecule has 0 radical (unpaired) electrons. The Hall–Kier alpha value is -0.120. The van der Waals surface area contributed by atoms with Crippen molar-refractivity contribution in [3.05, 3.63) is 0 Å². The van der Waals surface area contributed by atoms with Crippen LogP contribution in [0.1, 0.15) is 39.0 Å². The van der Waals surface area contributed by atoms with Crippen LogP contribution in [0.3, 0.4) is 0 Å². The van der Waals surface area contributed by atoms with Gasteiger partial charge in [0, 0.05) is 52.0 Å². The molecule has 1 atom stereocenters. The lowest BCUT2D eigenvalue weighted by molar-refractivity contribution is 0.127. The van der Waals surface area contributed by atoms with Crippen LogP contribution in [0.5, 0.6) is 0 Å². The number of nitrogens with one attached hydrogen (secondary N) is 2. The van der Waals surface area contributed by atoms with Gasteiger partial charge in [0.25, 0.3) is 0 Å². The van der Waals surface area contributed by atoms with Gasteiger partial charge in [-0.15, -0.1) is 24.0 Å². The Balaban J connectivity index is 0.00000288. The van der Waals surface area contributed by atoms with Gasteiger partial charge in [0.15, 0.2) is 5.96 Å². The Labute approximate surface area is 163 Å². The molecule has 1 saturated carbocycles. The van der Waals surface area contributed by atoms with Gasteiger partial charge in [0.2, 0.25) is 0 Å². The predicted octanol–water partition coefficient (Wildman–Crippen LogP) is 1.77. The van der Waals surface area contributed by atoms with Crippen molar-refractivity contribution < 1.29 is 14.6 Å². The van der Waals surface area contributed by atoms with Crippen molar-refractivity contribution in [2.45, 2.75) is 39.0 Å². The molecule has 6 nitrogen and oxygen atoms in total. The molecule has 0 aromatic heterocycles. The van der Waals surface area contributed by atoms with Crippen LogP contribution in [0.25, 0.3) is 0 Å². The van der Waals surface area contributed by atoms with Crippen molar-refractivity contribution in [1.29, 1.82) is 0 Å². The number of rotatable bonds is 10. The monoisotopic (exact) mass is 455 g/mol. The summed E-state index contributed by atoms with van der Waals surface area (Å²) in [6, 6.07) is 0. The highest BCUT2D eigenvalue weighted by Gasteiger charge is 2.42. The predicted molar refractivity (Wildman–Crippen MR) is 107 cm³/mol. The first-order valence-electron chi connectivity index (χ1n) is 8.88. The van der Waals surface area contributed by atoms with Gasteiger partial charge in [0.1, 0.15) is 0 Å². The Kier molecular flexibility index (Phi) is 9.84.